The van der Waals surface area contributed by atoms with Crippen molar-refractivity contribution in [1.29, 1.82) is 0 Å². The van der Waals surface area contributed by atoms with Crippen LogP contribution in [0.5, 0.6) is 0 Å². The Bertz CT molecular complexity index is 403. The van der Waals surface area contributed by atoms with Crippen LogP contribution in [0.15, 0.2) is 24.3 Å². The van der Waals surface area contributed by atoms with Gasteiger partial charge in [0.15, 0.2) is 0 Å². The number of rotatable bonds is 5. The molecule has 0 aliphatic heterocycles. The molecule has 0 saturated carbocycles. The summed E-state index contributed by atoms with van der Waals surface area (Å²) in [5.74, 6) is 0.132. The highest BCUT2D eigenvalue weighted by atomic mass is 16.2. The molecule has 1 unspecified atom stereocenters. The summed E-state index contributed by atoms with van der Waals surface area (Å²) in [6.07, 6.45) is 0.910. The van der Waals surface area contributed by atoms with Crippen LogP contribution < -0.4 is 11.1 Å². The summed E-state index contributed by atoms with van der Waals surface area (Å²) in [6, 6.07) is 7.71. The van der Waals surface area contributed by atoms with Crippen molar-refractivity contribution in [3.05, 3.63) is 35.4 Å². The number of aryl methyl sites for hydroxylation is 1. The molecular weight excluding hydrogens is 224 g/mol. The molecule has 0 aliphatic rings. The monoisotopic (exact) mass is 248 g/mol. The molecule has 3 nitrogen and oxygen atoms in total. The van der Waals surface area contributed by atoms with E-state index < -0.39 is 6.04 Å². The van der Waals surface area contributed by atoms with Gasteiger partial charge in [0.25, 0.3) is 0 Å². The largest absolute Gasteiger partial charge is 0.348 e. The molecule has 0 aromatic heterocycles. The molecule has 0 radical (unpaired) electrons. The van der Waals surface area contributed by atoms with E-state index in [4.69, 9.17) is 5.73 Å². The second-order valence-corrected chi connectivity index (χ2v) is 5.06. The minimum absolute atomic E-state index is 0.00694. The van der Waals surface area contributed by atoms with E-state index in [1.807, 2.05) is 45.9 Å². The second kappa shape index (κ2) is 6.55. The zero-order valence-electron chi connectivity index (χ0n) is 11.7. The highest BCUT2D eigenvalue weighted by Crippen LogP contribution is 2.14. The fourth-order valence-corrected chi connectivity index (χ4v) is 1.84. The van der Waals surface area contributed by atoms with Crippen LogP contribution in [0.1, 0.15) is 44.4 Å². The van der Waals surface area contributed by atoms with Gasteiger partial charge in [-0.05, 0) is 25.3 Å². The van der Waals surface area contributed by atoms with Crippen molar-refractivity contribution in [2.24, 2.45) is 11.7 Å². The van der Waals surface area contributed by atoms with Crippen molar-refractivity contribution in [2.75, 3.05) is 0 Å². The standard InChI is InChI=1S/C15H24N2O/c1-5-11(3)14(16)15(18)17-12(4)13-8-6-7-10(2)9-13/h6-9,11-12,14H,5,16H2,1-4H3,(H,17,18)/t11?,12-,14+/m1/s1. The molecule has 3 atom stereocenters. The summed E-state index contributed by atoms with van der Waals surface area (Å²) < 4.78 is 0. The Morgan fingerprint density at radius 3 is 2.61 bits per heavy atom. The van der Waals surface area contributed by atoms with Gasteiger partial charge in [0.05, 0.1) is 12.1 Å². The molecule has 0 heterocycles. The van der Waals surface area contributed by atoms with Gasteiger partial charge in [-0.3, -0.25) is 4.79 Å². The predicted molar refractivity (Wildman–Crippen MR) is 75.2 cm³/mol. The lowest BCUT2D eigenvalue weighted by Crippen LogP contribution is -2.45. The highest BCUT2D eigenvalue weighted by molar-refractivity contribution is 5.82. The Balaban J connectivity index is 2.65. The van der Waals surface area contributed by atoms with Gasteiger partial charge in [-0.15, -0.1) is 0 Å². The third kappa shape index (κ3) is 3.84. The van der Waals surface area contributed by atoms with E-state index in [9.17, 15) is 4.79 Å². The second-order valence-electron chi connectivity index (χ2n) is 5.06. The minimum Gasteiger partial charge on any atom is -0.348 e. The number of amides is 1. The van der Waals surface area contributed by atoms with Crippen LogP contribution >= 0.6 is 0 Å². The molecule has 0 aliphatic carbocycles. The van der Waals surface area contributed by atoms with E-state index in [1.54, 1.807) is 0 Å². The van der Waals surface area contributed by atoms with Gasteiger partial charge in [-0.1, -0.05) is 50.1 Å². The van der Waals surface area contributed by atoms with Crippen LogP contribution in [0.2, 0.25) is 0 Å². The lowest BCUT2D eigenvalue weighted by Gasteiger charge is -2.21. The number of carbonyl (C=O) groups is 1. The van der Waals surface area contributed by atoms with Crippen molar-refractivity contribution in [3.8, 4) is 0 Å². The number of nitrogens with two attached hydrogens (primary N) is 1. The maximum Gasteiger partial charge on any atom is 0.237 e. The molecule has 18 heavy (non-hydrogen) atoms. The summed E-state index contributed by atoms with van der Waals surface area (Å²) >= 11 is 0. The maximum atomic E-state index is 12.0. The normalized spacial score (nSPS) is 15.8. The summed E-state index contributed by atoms with van der Waals surface area (Å²) in [7, 11) is 0. The average molecular weight is 248 g/mol. The molecule has 0 fully saturated rings. The van der Waals surface area contributed by atoms with E-state index in [-0.39, 0.29) is 17.9 Å². The molecule has 1 rings (SSSR count). The number of hydrogen-bond acceptors (Lipinski definition) is 2. The third-order valence-electron chi connectivity index (χ3n) is 3.46. The molecule has 3 N–H and O–H groups in total. The first kappa shape index (κ1) is 14.7. The molecule has 0 spiro atoms. The van der Waals surface area contributed by atoms with Gasteiger partial charge >= 0.3 is 0 Å². The Hall–Kier alpha value is -1.35. The zero-order valence-corrected chi connectivity index (χ0v) is 11.7. The van der Waals surface area contributed by atoms with Gasteiger partial charge in [0, 0.05) is 0 Å². The molecule has 0 saturated heterocycles. The molecule has 1 aromatic carbocycles. The Labute approximate surface area is 110 Å². The Kier molecular flexibility index (Phi) is 5.35. The highest BCUT2D eigenvalue weighted by Gasteiger charge is 2.21. The van der Waals surface area contributed by atoms with E-state index in [0.29, 0.717) is 0 Å². The third-order valence-corrected chi connectivity index (χ3v) is 3.46. The fourth-order valence-electron chi connectivity index (χ4n) is 1.84. The van der Waals surface area contributed by atoms with Crippen molar-refractivity contribution >= 4 is 5.91 Å². The molecule has 100 valence electrons. The first-order valence-corrected chi connectivity index (χ1v) is 6.58. The molecule has 1 aromatic rings. The average Bonchev–Trinajstić information content (AvgIpc) is 2.36. The lowest BCUT2D eigenvalue weighted by molar-refractivity contribution is -0.124. The summed E-state index contributed by atoms with van der Waals surface area (Å²) in [6.45, 7) is 8.07. The molecule has 3 heteroatoms. The number of carbonyl (C=O) groups excluding carboxylic acids is 1. The number of nitrogens with one attached hydrogen (secondary N) is 1. The van der Waals surface area contributed by atoms with Gasteiger partial charge < -0.3 is 11.1 Å². The Morgan fingerprint density at radius 1 is 1.39 bits per heavy atom. The first-order chi connectivity index (χ1) is 8.45. The predicted octanol–water partition coefficient (Wildman–Crippen LogP) is 2.55. The first-order valence-electron chi connectivity index (χ1n) is 6.58. The fraction of sp³-hybridized carbons (Fsp3) is 0.533. The van der Waals surface area contributed by atoms with Crippen LogP contribution in [0.4, 0.5) is 0 Å². The summed E-state index contributed by atoms with van der Waals surface area (Å²) in [5.41, 5.74) is 8.22. The van der Waals surface area contributed by atoms with E-state index in [1.165, 1.54) is 5.56 Å². The van der Waals surface area contributed by atoms with E-state index >= 15 is 0 Å². The molecule has 0 bridgehead atoms. The topological polar surface area (TPSA) is 55.1 Å². The van der Waals surface area contributed by atoms with Crippen molar-refractivity contribution in [1.82, 2.24) is 5.32 Å². The van der Waals surface area contributed by atoms with Crippen molar-refractivity contribution < 1.29 is 4.79 Å². The van der Waals surface area contributed by atoms with Gasteiger partial charge in [0.1, 0.15) is 0 Å². The minimum atomic E-state index is -0.428. The van der Waals surface area contributed by atoms with Crippen LogP contribution in [0.25, 0.3) is 0 Å². The lowest BCUT2D eigenvalue weighted by atomic mass is 9.98. The van der Waals surface area contributed by atoms with Crippen LogP contribution in [-0.4, -0.2) is 11.9 Å². The number of hydrogen-bond donors (Lipinski definition) is 2. The van der Waals surface area contributed by atoms with Crippen molar-refractivity contribution in [2.45, 2.75) is 46.2 Å². The van der Waals surface area contributed by atoms with Crippen molar-refractivity contribution in [3.63, 3.8) is 0 Å². The molecule has 1 amide bonds. The summed E-state index contributed by atoms with van der Waals surface area (Å²) in [5, 5.41) is 2.97. The summed E-state index contributed by atoms with van der Waals surface area (Å²) in [4.78, 5) is 12.0. The van der Waals surface area contributed by atoms with E-state index in [2.05, 4.69) is 11.4 Å². The van der Waals surface area contributed by atoms with Crippen LogP contribution in [0.3, 0.4) is 0 Å². The zero-order chi connectivity index (χ0) is 13.7. The van der Waals surface area contributed by atoms with Crippen LogP contribution in [0, 0.1) is 12.8 Å². The van der Waals surface area contributed by atoms with Crippen LogP contribution in [-0.2, 0) is 4.79 Å². The van der Waals surface area contributed by atoms with Gasteiger partial charge in [-0.2, -0.15) is 0 Å². The molecular formula is C15H24N2O. The Morgan fingerprint density at radius 2 is 2.06 bits per heavy atom. The smallest absolute Gasteiger partial charge is 0.237 e. The quantitative estimate of drug-likeness (QED) is 0.841. The van der Waals surface area contributed by atoms with Gasteiger partial charge in [0.2, 0.25) is 5.91 Å². The number of benzene rings is 1. The SMILES string of the molecule is CCC(C)[C@H](N)C(=O)N[C@H](C)c1cccc(C)c1. The van der Waals surface area contributed by atoms with Gasteiger partial charge in [-0.25, -0.2) is 0 Å². The van der Waals surface area contributed by atoms with E-state index in [0.717, 1.165) is 12.0 Å². The maximum absolute atomic E-state index is 12.0.